The zero-order valence-electron chi connectivity index (χ0n) is 19.0. The predicted molar refractivity (Wildman–Crippen MR) is 122 cm³/mol. The topological polar surface area (TPSA) is 104 Å². The highest BCUT2D eigenvalue weighted by molar-refractivity contribution is 7.88. The highest BCUT2D eigenvalue weighted by Crippen LogP contribution is 2.15. The van der Waals surface area contributed by atoms with E-state index in [-0.39, 0.29) is 24.3 Å². The van der Waals surface area contributed by atoms with Gasteiger partial charge in [-0.05, 0) is 43.0 Å². The lowest BCUT2D eigenvalue weighted by Crippen LogP contribution is -2.49. The van der Waals surface area contributed by atoms with Crippen LogP contribution in [0.4, 0.5) is 8.78 Å². The molecule has 33 heavy (non-hydrogen) atoms. The summed E-state index contributed by atoms with van der Waals surface area (Å²) in [5.41, 5.74) is 0.350. The molecule has 0 radical (unpaired) electrons. The van der Waals surface area contributed by atoms with Gasteiger partial charge in [-0.3, -0.25) is 9.59 Å². The molecule has 0 aliphatic carbocycles. The van der Waals surface area contributed by atoms with Crippen LogP contribution in [0, 0.1) is 17.6 Å². The second-order valence-corrected chi connectivity index (χ2v) is 10.1. The molecule has 10 heteroatoms. The van der Waals surface area contributed by atoms with Gasteiger partial charge in [-0.1, -0.05) is 44.2 Å². The lowest BCUT2D eigenvalue weighted by Gasteiger charge is -2.22. The van der Waals surface area contributed by atoms with Crippen LogP contribution in [-0.2, 0) is 27.1 Å². The quantitative estimate of drug-likeness (QED) is 0.485. The van der Waals surface area contributed by atoms with E-state index < -0.39 is 45.1 Å². The summed E-state index contributed by atoms with van der Waals surface area (Å²) >= 11 is 0. The molecule has 2 rings (SSSR count). The maximum atomic E-state index is 13.9. The minimum absolute atomic E-state index is 0.0132. The van der Waals surface area contributed by atoms with Crippen molar-refractivity contribution in [1.82, 2.24) is 15.4 Å². The number of hydrogen-bond acceptors (Lipinski definition) is 4. The van der Waals surface area contributed by atoms with Crippen molar-refractivity contribution in [2.75, 3.05) is 0 Å². The minimum atomic E-state index is -3.57. The van der Waals surface area contributed by atoms with Crippen molar-refractivity contribution in [2.24, 2.45) is 5.92 Å². The van der Waals surface area contributed by atoms with E-state index in [0.29, 0.717) is 11.1 Å². The van der Waals surface area contributed by atoms with Gasteiger partial charge in [-0.25, -0.2) is 21.9 Å². The van der Waals surface area contributed by atoms with Crippen LogP contribution >= 0.6 is 0 Å². The second kappa shape index (κ2) is 11.3. The Bertz CT molecular complexity index is 1080. The Morgan fingerprint density at radius 3 is 2.03 bits per heavy atom. The van der Waals surface area contributed by atoms with Crippen LogP contribution in [0.3, 0.4) is 0 Å². The number of sulfonamides is 1. The number of amides is 2. The SMILES string of the molecule is CC(C)NS(=O)(=O)Cc1ccccc1CNC(=O)[C@@H](NC(=O)c1c(F)cccc1F)C(C)C. The highest BCUT2D eigenvalue weighted by atomic mass is 32.2. The average Bonchev–Trinajstić information content (AvgIpc) is 2.69. The number of halogens is 2. The number of carbonyl (C=O) groups is 2. The lowest BCUT2D eigenvalue weighted by molar-refractivity contribution is -0.124. The maximum absolute atomic E-state index is 13.9. The Labute approximate surface area is 193 Å². The summed E-state index contributed by atoms with van der Waals surface area (Å²) in [5, 5.41) is 5.07. The number of hydrogen-bond donors (Lipinski definition) is 3. The van der Waals surface area contributed by atoms with E-state index in [1.165, 1.54) is 0 Å². The fourth-order valence-electron chi connectivity index (χ4n) is 3.23. The summed E-state index contributed by atoms with van der Waals surface area (Å²) in [6.45, 7) is 6.81. The van der Waals surface area contributed by atoms with E-state index in [1.807, 2.05) is 0 Å². The van der Waals surface area contributed by atoms with Gasteiger partial charge in [-0.2, -0.15) is 0 Å². The summed E-state index contributed by atoms with van der Waals surface area (Å²) in [4.78, 5) is 25.2. The number of benzene rings is 2. The van der Waals surface area contributed by atoms with Crippen molar-refractivity contribution in [3.63, 3.8) is 0 Å². The third kappa shape index (κ3) is 7.61. The minimum Gasteiger partial charge on any atom is -0.350 e. The Morgan fingerprint density at radius 1 is 0.909 bits per heavy atom. The molecule has 3 N–H and O–H groups in total. The third-order valence-corrected chi connectivity index (χ3v) is 6.28. The molecule has 0 spiro atoms. The molecule has 0 heterocycles. The van der Waals surface area contributed by atoms with E-state index in [0.717, 1.165) is 18.2 Å². The van der Waals surface area contributed by atoms with Gasteiger partial charge in [0, 0.05) is 12.6 Å². The Hall–Kier alpha value is -2.85. The molecule has 0 saturated heterocycles. The van der Waals surface area contributed by atoms with Crippen LogP contribution in [0.15, 0.2) is 42.5 Å². The van der Waals surface area contributed by atoms with Gasteiger partial charge in [0.1, 0.15) is 23.2 Å². The van der Waals surface area contributed by atoms with Crippen molar-refractivity contribution >= 4 is 21.8 Å². The van der Waals surface area contributed by atoms with Gasteiger partial charge in [0.2, 0.25) is 15.9 Å². The van der Waals surface area contributed by atoms with Gasteiger partial charge < -0.3 is 10.6 Å². The van der Waals surface area contributed by atoms with Gasteiger partial charge in [0.25, 0.3) is 5.91 Å². The number of carbonyl (C=O) groups excluding carboxylic acids is 2. The van der Waals surface area contributed by atoms with Crippen LogP contribution < -0.4 is 15.4 Å². The molecule has 1 atom stereocenters. The molecule has 2 amide bonds. The van der Waals surface area contributed by atoms with Crippen LogP contribution in [0.1, 0.15) is 49.2 Å². The molecule has 0 fully saturated rings. The van der Waals surface area contributed by atoms with Gasteiger partial charge >= 0.3 is 0 Å². The first kappa shape index (κ1) is 26.4. The maximum Gasteiger partial charge on any atom is 0.257 e. The van der Waals surface area contributed by atoms with E-state index in [2.05, 4.69) is 15.4 Å². The first-order chi connectivity index (χ1) is 15.4. The fourth-order valence-corrected chi connectivity index (χ4v) is 4.72. The molecule has 2 aromatic carbocycles. The highest BCUT2D eigenvalue weighted by Gasteiger charge is 2.27. The van der Waals surface area contributed by atoms with Crippen molar-refractivity contribution in [3.8, 4) is 0 Å². The van der Waals surface area contributed by atoms with Crippen LogP contribution in [-0.4, -0.2) is 32.3 Å². The van der Waals surface area contributed by atoms with Crippen molar-refractivity contribution in [2.45, 2.75) is 52.1 Å². The molecule has 0 aromatic heterocycles. The van der Waals surface area contributed by atoms with Gasteiger partial charge in [0.15, 0.2) is 0 Å². The van der Waals surface area contributed by atoms with Crippen molar-refractivity contribution in [1.29, 1.82) is 0 Å². The molecule has 0 aliphatic heterocycles. The number of rotatable bonds is 10. The zero-order chi connectivity index (χ0) is 24.8. The monoisotopic (exact) mass is 481 g/mol. The summed E-state index contributed by atoms with van der Waals surface area (Å²) in [7, 11) is -3.57. The van der Waals surface area contributed by atoms with Crippen molar-refractivity contribution < 1.29 is 26.8 Å². The first-order valence-corrected chi connectivity index (χ1v) is 12.2. The first-order valence-electron chi connectivity index (χ1n) is 10.5. The van der Waals surface area contributed by atoms with E-state index in [9.17, 15) is 26.8 Å². The second-order valence-electron chi connectivity index (χ2n) is 8.31. The summed E-state index contributed by atoms with van der Waals surface area (Å²) in [5.74, 6) is -4.29. The molecular formula is C23H29F2N3O4S. The molecule has 180 valence electrons. The molecule has 0 unspecified atom stereocenters. The summed E-state index contributed by atoms with van der Waals surface area (Å²) < 4.78 is 55.0. The zero-order valence-corrected chi connectivity index (χ0v) is 19.8. The Balaban J connectivity index is 2.13. The fraction of sp³-hybridized carbons (Fsp3) is 0.391. The molecule has 0 bridgehead atoms. The predicted octanol–water partition coefficient (Wildman–Crippen LogP) is 2.86. The third-order valence-electron chi connectivity index (χ3n) is 4.76. The lowest BCUT2D eigenvalue weighted by atomic mass is 10.0. The smallest absolute Gasteiger partial charge is 0.257 e. The van der Waals surface area contributed by atoms with Crippen LogP contribution in [0.5, 0.6) is 0 Å². The molecule has 7 nitrogen and oxygen atoms in total. The number of nitrogens with one attached hydrogen (secondary N) is 3. The van der Waals surface area contributed by atoms with Crippen LogP contribution in [0.2, 0.25) is 0 Å². The normalized spacial score (nSPS) is 12.6. The summed E-state index contributed by atoms with van der Waals surface area (Å²) in [6, 6.07) is 8.52. The largest absolute Gasteiger partial charge is 0.350 e. The van der Waals surface area contributed by atoms with E-state index >= 15 is 0 Å². The summed E-state index contributed by atoms with van der Waals surface area (Å²) in [6.07, 6.45) is 0. The van der Waals surface area contributed by atoms with Crippen molar-refractivity contribution in [3.05, 3.63) is 70.8 Å². The Kier molecular flexibility index (Phi) is 9.07. The molecule has 0 aliphatic rings. The average molecular weight is 482 g/mol. The molecule has 2 aromatic rings. The molecular weight excluding hydrogens is 452 g/mol. The molecule has 0 saturated carbocycles. The standard InChI is InChI=1S/C23H29F2N3O4S/c1-14(2)21(27-22(29)20-18(24)10-7-11-19(20)25)23(30)26-12-16-8-5-6-9-17(16)13-33(31,32)28-15(3)4/h5-11,14-15,21,28H,12-13H2,1-4H3,(H,26,30)(H,27,29)/t21-/m0/s1. The van der Waals surface area contributed by atoms with Gasteiger partial charge in [-0.15, -0.1) is 0 Å². The van der Waals surface area contributed by atoms with Gasteiger partial charge in [0.05, 0.1) is 5.75 Å². The van der Waals surface area contributed by atoms with E-state index in [1.54, 1.807) is 52.0 Å². The Morgan fingerprint density at radius 2 is 1.48 bits per heavy atom. The van der Waals surface area contributed by atoms with Crippen LogP contribution in [0.25, 0.3) is 0 Å². The van der Waals surface area contributed by atoms with E-state index in [4.69, 9.17) is 0 Å².